The summed E-state index contributed by atoms with van der Waals surface area (Å²) in [7, 11) is 1.94. The molecule has 0 aliphatic heterocycles. The Hall–Kier alpha value is -1.20. The van der Waals surface area contributed by atoms with E-state index in [0.717, 1.165) is 40.0 Å². The summed E-state index contributed by atoms with van der Waals surface area (Å²) in [6.07, 6.45) is 0.760. The highest BCUT2D eigenvalue weighted by Crippen LogP contribution is 2.27. The predicted octanol–water partition coefficient (Wildman–Crippen LogP) is 3.83. The second-order valence-corrected chi connectivity index (χ2v) is 6.08. The topological polar surface area (TPSA) is 29.9 Å². The van der Waals surface area contributed by atoms with Gasteiger partial charge < -0.3 is 5.32 Å². The predicted molar refractivity (Wildman–Crippen MR) is 86.9 cm³/mol. The summed E-state index contributed by atoms with van der Waals surface area (Å²) in [4.78, 5) is 0. The molecule has 21 heavy (non-hydrogen) atoms. The first-order chi connectivity index (χ1) is 9.93. The summed E-state index contributed by atoms with van der Waals surface area (Å²) in [5.74, 6) is -0.196. The van der Waals surface area contributed by atoms with Crippen molar-refractivity contribution in [3.05, 3.63) is 51.0 Å². The number of likely N-dealkylation sites (N-methyl/N-ethyl adjacent to an activating group) is 1. The van der Waals surface area contributed by atoms with Gasteiger partial charge in [-0.05, 0) is 59.6 Å². The van der Waals surface area contributed by atoms with E-state index in [4.69, 9.17) is 0 Å². The largest absolute Gasteiger partial charge is 0.310 e. The van der Waals surface area contributed by atoms with Gasteiger partial charge in [0.1, 0.15) is 5.82 Å². The Labute approximate surface area is 133 Å². The minimum Gasteiger partial charge on any atom is -0.310 e. The van der Waals surface area contributed by atoms with Crippen molar-refractivity contribution < 1.29 is 4.39 Å². The fourth-order valence-electron chi connectivity index (χ4n) is 2.62. The molecule has 1 heterocycles. The van der Waals surface area contributed by atoms with Crippen LogP contribution in [0.15, 0.2) is 22.7 Å². The highest BCUT2D eigenvalue weighted by atomic mass is 79.9. The molecule has 0 radical (unpaired) electrons. The average Bonchev–Trinajstić information content (AvgIpc) is 2.67. The standard InChI is InChI=1S/C16H21BrFN3/c1-5-19-14(13-8-12(18)7-6-10(13)2)9-15-16(17)11(3)20-21(15)4/h6-8,14,19H,5,9H2,1-4H3. The van der Waals surface area contributed by atoms with Crippen LogP contribution in [0.4, 0.5) is 4.39 Å². The first-order valence-electron chi connectivity index (χ1n) is 7.11. The van der Waals surface area contributed by atoms with Crippen molar-refractivity contribution in [2.75, 3.05) is 6.54 Å². The molecule has 114 valence electrons. The van der Waals surface area contributed by atoms with E-state index in [1.807, 2.05) is 31.6 Å². The lowest BCUT2D eigenvalue weighted by Crippen LogP contribution is -2.25. The number of hydrogen-bond acceptors (Lipinski definition) is 2. The molecule has 1 unspecified atom stereocenters. The summed E-state index contributed by atoms with van der Waals surface area (Å²) in [5.41, 5.74) is 4.18. The van der Waals surface area contributed by atoms with Gasteiger partial charge in [0.25, 0.3) is 0 Å². The number of benzene rings is 1. The van der Waals surface area contributed by atoms with Crippen molar-refractivity contribution in [2.45, 2.75) is 33.2 Å². The molecule has 1 atom stereocenters. The minimum absolute atomic E-state index is 0.0665. The maximum Gasteiger partial charge on any atom is 0.123 e. The van der Waals surface area contributed by atoms with E-state index in [1.165, 1.54) is 6.07 Å². The van der Waals surface area contributed by atoms with Crippen molar-refractivity contribution in [3.63, 3.8) is 0 Å². The van der Waals surface area contributed by atoms with Gasteiger partial charge in [0.05, 0.1) is 15.9 Å². The molecule has 0 aliphatic rings. The average molecular weight is 354 g/mol. The van der Waals surface area contributed by atoms with Gasteiger partial charge in [-0.3, -0.25) is 4.68 Å². The third-order valence-electron chi connectivity index (χ3n) is 3.73. The lowest BCUT2D eigenvalue weighted by atomic mass is 9.97. The van der Waals surface area contributed by atoms with E-state index in [9.17, 15) is 4.39 Å². The third kappa shape index (κ3) is 3.52. The molecule has 2 rings (SSSR count). The summed E-state index contributed by atoms with van der Waals surface area (Å²) >= 11 is 3.60. The van der Waals surface area contributed by atoms with Crippen LogP contribution in [0.5, 0.6) is 0 Å². The number of nitrogens with zero attached hydrogens (tertiary/aromatic N) is 2. The molecule has 3 nitrogen and oxygen atoms in total. The fraction of sp³-hybridized carbons (Fsp3) is 0.438. The summed E-state index contributed by atoms with van der Waals surface area (Å²) in [6.45, 7) is 6.88. The van der Waals surface area contributed by atoms with Crippen LogP contribution >= 0.6 is 15.9 Å². The maximum absolute atomic E-state index is 13.6. The van der Waals surface area contributed by atoms with Crippen LogP contribution in [0, 0.1) is 19.7 Å². The van der Waals surface area contributed by atoms with Gasteiger partial charge >= 0.3 is 0 Å². The smallest absolute Gasteiger partial charge is 0.123 e. The van der Waals surface area contributed by atoms with Crippen LogP contribution in [0.3, 0.4) is 0 Å². The van der Waals surface area contributed by atoms with Gasteiger partial charge in [-0.25, -0.2) is 4.39 Å². The van der Waals surface area contributed by atoms with Crippen molar-refractivity contribution in [1.82, 2.24) is 15.1 Å². The summed E-state index contributed by atoms with van der Waals surface area (Å²) in [6, 6.07) is 5.03. The molecular formula is C16H21BrFN3. The Balaban J connectivity index is 2.37. The van der Waals surface area contributed by atoms with Crippen molar-refractivity contribution in [3.8, 4) is 0 Å². The first-order valence-corrected chi connectivity index (χ1v) is 7.90. The molecule has 2 aromatic rings. The molecule has 0 saturated heterocycles. The van der Waals surface area contributed by atoms with E-state index >= 15 is 0 Å². The Bertz CT molecular complexity index is 637. The quantitative estimate of drug-likeness (QED) is 0.884. The molecule has 1 aromatic heterocycles. The third-order valence-corrected chi connectivity index (χ3v) is 4.76. The molecule has 1 N–H and O–H groups in total. The molecule has 0 aliphatic carbocycles. The van der Waals surface area contributed by atoms with Crippen LogP contribution < -0.4 is 5.32 Å². The summed E-state index contributed by atoms with van der Waals surface area (Å²) in [5, 5.41) is 7.88. The molecule has 0 spiro atoms. The van der Waals surface area contributed by atoms with Crippen LogP contribution in [-0.4, -0.2) is 16.3 Å². The Morgan fingerprint density at radius 3 is 2.67 bits per heavy atom. The van der Waals surface area contributed by atoms with E-state index in [2.05, 4.69) is 33.3 Å². The maximum atomic E-state index is 13.6. The zero-order valence-electron chi connectivity index (χ0n) is 12.9. The molecule has 0 fully saturated rings. The Morgan fingerprint density at radius 1 is 1.38 bits per heavy atom. The second kappa shape index (κ2) is 6.71. The van der Waals surface area contributed by atoms with E-state index in [0.29, 0.717) is 0 Å². The normalized spacial score (nSPS) is 12.7. The summed E-state index contributed by atoms with van der Waals surface area (Å²) < 4.78 is 16.5. The number of aryl methyl sites for hydroxylation is 3. The van der Waals surface area contributed by atoms with Gasteiger partial charge in [0, 0.05) is 19.5 Å². The van der Waals surface area contributed by atoms with Crippen molar-refractivity contribution in [2.24, 2.45) is 7.05 Å². The van der Waals surface area contributed by atoms with E-state index in [1.54, 1.807) is 6.07 Å². The molecular weight excluding hydrogens is 333 g/mol. The molecule has 1 aromatic carbocycles. The van der Waals surface area contributed by atoms with Gasteiger partial charge in [-0.2, -0.15) is 5.10 Å². The van der Waals surface area contributed by atoms with Gasteiger partial charge in [0.15, 0.2) is 0 Å². The van der Waals surface area contributed by atoms with Crippen LogP contribution in [-0.2, 0) is 13.5 Å². The van der Waals surface area contributed by atoms with E-state index in [-0.39, 0.29) is 11.9 Å². The van der Waals surface area contributed by atoms with Crippen LogP contribution in [0.2, 0.25) is 0 Å². The van der Waals surface area contributed by atoms with Gasteiger partial charge in [0.2, 0.25) is 0 Å². The lowest BCUT2D eigenvalue weighted by molar-refractivity contribution is 0.520. The van der Waals surface area contributed by atoms with E-state index < -0.39 is 0 Å². The minimum atomic E-state index is -0.196. The lowest BCUT2D eigenvalue weighted by Gasteiger charge is -2.21. The van der Waals surface area contributed by atoms with Gasteiger partial charge in [-0.15, -0.1) is 0 Å². The van der Waals surface area contributed by atoms with Crippen LogP contribution in [0.25, 0.3) is 0 Å². The molecule has 0 bridgehead atoms. The number of hydrogen-bond donors (Lipinski definition) is 1. The Morgan fingerprint density at radius 2 is 2.10 bits per heavy atom. The fourth-order valence-corrected chi connectivity index (χ4v) is 3.12. The van der Waals surface area contributed by atoms with Crippen molar-refractivity contribution >= 4 is 15.9 Å². The SMILES string of the molecule is CCNC(Cc1c(Br)c(C)nn1C)c1cc(F)ccc1C. The monoisotopic (exact) mass is 353 g/mol. The highest BCUT2D eigenvalue weighted by molar-refractivity contribution is 9.10. The number of aromatic nitrogens is 2. The number of halogens is 2. The Kier molecular flexibility index (Phi) is 5.17. The zero-order valence-corrected chi connectivity index (χ0v) is 14.5. The van der Waals surface area contributed by atoms with Gasteiger partial charge in [-0.1, -0.05) is 13.0 Å². The highest BCUT2D eigenvalue weighted by Gasteiger charge is 2.19. The number of rotatable bonds is 5. The zero-order chi connectivity index (χ0) is 15.6. The molecule has 0 amide bonds. The molecule has 0 saturated carbocycles. The number of nitrogens with one attached hydrogen (secondary N) is 1. The second-order valence-electron chi connectivity index (χ2n) is 5.28. The van der Waals surface area contributed by atoms with Crippen molar-refractivity contribution in [1.29, 1.82) is 0 Å². The molecule has 5 heteroatoms. The van der Waals surface area contributed by atoms with Crippen LogP contribution in [0.1, 0.15) is 35.5 Å². The first kappa shape index (κ1) is 16.2.